The molecule has 4 heteroatoms. The minimum atomic E-state index is -0.607. The molecule has 4 nitrogen and oxygen atoms in total. The van der Waals surface area contributed by atoms with Gasteiger partial charge in [-0.05, 0) is 42.5 Å². The molecule has 2 N–H and O–H groups in total. The van der Waals surface area contributed by atoms with Crippen molar-refractivity contribution in [2.24, 2.45) is 0 Å². The lowest BCUT2D eigenvalue weighted by Crippen LogP contribution is -2.35. The van der Waals surface area contributed by atoms with Gasteiger partial charge in [0.2, 0.25) is 0 Å². The van der Waals surface area contributed by atoms with E-state index in [-0.39, 0.29) is 13.2 Å². The Labute approximate surface area is 155 Å². The summed E-state index contributed by atoms with van der Waals surface area (Å²) >= 11 is 0. The maximum atomic E-state index is 10.3. The predicted molar refractivity (Wildman–Crippen MR) is 102 cm³/mol. The highest BCUT2D eigenvalue weighted by Crippen LogP contribution is 2.29. The number of aryl methyl sites for hydroxylation is 1. The average Bonchev–Trinajstić information content (AvgIpc) is 2.69. The standard InChI is InChI=1S/C22H25NO3/c1-2-14-25-21-12-5-6-13-22(21)26-16-18(24)15-23-20-11-7-9-17-8-3-4-10-19(17)20/h1,3-6,8,10,12-13,18,20,23-24H,7,9,11,14-16H2. The topological polar surface area (TPSA) is 50.7 Å². The second-order valence-electron chi connectivity index (χ2n) is 6.46. The van der Waals surface area contributed by atoms with Crippen LogP contribution < -0.4 is 14.8 Å². The van der Waals surface area contributed by atoms with E-state index < -0.39 is 6.10 Å². The number of ether oxygens (including phenoxy) is 2. The molecule has 0 amide bonds. The van der Waals surface area contributed by atoms with Crippen molar-refractivity contribution in [3.8, 4) is 23.8 Å². The molecule has 0 aromatic heterocycles. The Morgan fingerprint density at radius 3 is 2.65 bits per heavy atom. The Morgan fingerprint density at radius 2 is 1.85 bits per heavy atom. The Kier molecular flexibility index (Phi) is 6.54. The lowest BCUT2D eigenvalue weighted by atomic mass is 9.88. The van der Waals surface area contributed by atoms with Gasteiger partial charge in [-0.3, -0.25) is 0 Å². The van der Waals surface area contributed by atoms with Crippen LogP contribution in [0.25, 0.3) is 0 Å². The highest BCUT2D eigenvalue weighted by atomic mass is 16.5. The average molecular weight is 351 g/mol. The van der Waals surface area contributed by atoms with Gasteiger partial charge in [0.05, 0.1) is 0 Å². The number of aliphatic hydroxyl groups is 1. The molecule has 0 saturated carbocycles. The lowest BCUT2D eigenvalue weighted by molar-refractivity contribution is 0.101. The van der Waals surface area contributed by atoms with Crippen molar-refractivity contribution < 1.29 is 14.6 Å². The summed E-state index contributed by atoms with van der Waals surface area (Å²) in [5.41, 5.74) is 2.75. The number of para-hydroxylation sites is 2. The number of hydrogen-bond acceptors (Lipinski definition) is 4. The van der Waals surface area contributed by atoms with Gasteiger partial charge in [0, 0.05) is 12.6 Å². The van der Waals surface area contributed by atoms with E-state index in [9.17, 15) is 5.11 Å². The summed E-state index contributed by atoms with van der Waals surface area (Å²) in [4.78, 5) is 0. The second kappa shape index (κ2) is 9.28. The summed E-state index contributed by atoms with van der Waals surface area (Å²) < 4.78 is 11.2. The number of hydrogen-bond donors (Lipinski definition) is 2. The zero-order chi connectivity index (χ0) is 18.2. The molecule has 136 valence electrons. The Bertz CT molecular complexity index is 753. The number of aliphatic hydroxyl groups excluding tert-OH is 1. The van der Waals surface area contributed by atoms with Crippen LogP contribution in [0.1, 0.15) is 30.0 Å². The van der Waals surface area contributed by atoms with Crippen molar-refractivity contribution in [3.05, 3.63) is 59.7 Å². The number of nitrogens with one attached hydrogen (secondary N) is 1. The minimum Gasteiger partial charge on any atom is -0.487 e. The molecule has 26 heavy (non-hydrogen) atoms. The zero-order valence-corrected chi connectivity index (χ0v) is 14.9. The van der Waals surface area contributed by atoms with E-state index in [0.29, 0.717) is 24.1 Å². The van der Waals surface area contributed by atoms with Gasteiger partial charge >= 0.3 is 0 Å². The molecule has 0 spiro atoms. The van der Waals surface area contributed by atoms with Gasteiger partial charge in [-0.25, -0.2) is 0 Å². The van der Waals surface area contributed by atoms with Gasteiger partial charge in [0.1, 0.15) is 19.3 Å². The van der Waals surface area contributed by atoms with E-state index >= 15 is 0 Å². The first-order chi connectivity index (χ1) is 12.8. The van der Waals surface area contributed by atoms with Crippen LogP contribution in [0.5, 0.6) is 11.5 Å². The molecule has 0 aliphatic heterocycles. The predicted octanol–water partition coefficient (Wildman–Crippen LogP) is 3.11. The minimum absolute atomic E-state index is 0.186. The molecule has 2 aromatic carbocycles. The summed E-state index contributed by atoms with van der Waals surface area (Å²) in [5.74, 6) is 3.61. The largest absolute Gasteiger partial charge is 0.487 e. The number of fused-ring (bicyclic) bond motifs is 1. The maximum Gasteiger partial charge on any atom is 0.162 e. The van der Waals surface area contributed by atoms with Crippen molar-refractivity contribution in [2.45, 2.75) is 31.4 Å². The van der Waals surface area contributed by atoms with Gasteiger partial charge in [0.25, 0.3) is 0 Å². The van der Waals surface area contributed by atoms with Gasteiger partial charge < -0.3 is 19.9 Å². The van der Waals surface area contributed by atoms with Crippen molar-refractivity contribution >= 4 is 0 Å². The monoisotopic (exact) mass is 351 g/mol. The van der Waals surface area contributed by atoms with Crippen LogP contribution >= 0.6 is 0 Å². The van der Waals surface area contributed by atoms with Crippen LogP contribution in [-0.2, 0) is 6.42 Å². The van der Waals surface area contributed by atoms with E-state index in [1.807, 2.05) is 18.2 Å². The van der Waals surface area contributed by atoms with E-state index in [2.05, 4.69) is 35.5 Å². The second-order valence-corrected chi connectivity index (χ2v) is 6.46. The van der Waals surface area contributed by atoms with E-state index in [1.165, 1.54) is 17.5 Å². The molecule has 0 fully saturated rings. The van der Waals surface area contributed by atoms with Gasteiger partial charge in [-0.1, -0.05) is 42.3 Å². The van der Waals surface area contributed by atoms with Gasteiger partial charge in [-0.15, -0.1) is 6.42 Å². The number of terminal acetylenes is 1. The first-order valence-corrected chi connectivity index (χ1v) is 9.05. The molecule has 2 unspecified atom stereocenters. The Hall–Kier alpha value is -2.48. The third-order valence-electron chi connectivity index (χ3n) is 4.56. The summed E-state index contributed by atoms with van der Waals surface area (Å²) in [7, 11) is 0. The lowest BCUT2D eigenvalue weighted by Gasteiger charge is -2.27. The number of benzene rings is 2. The fourth-order valence-electron chi connectivity index (χ4n) is 3.30. The molecule has 3 rings (SSSR count). The number of rotatable bonds is 8. The smallest absolute Gasteiger partial charge is 0.162 e. The van der Waals surface area contributed by atoms with Crippen molar-refractivity contribution in [3.63, 3.8) is 0 Å². The van der Waals surface area contributed by atoms with Crippen molar-refractivity contribution in [1.82, 2.24) is 5.32 Å². The van der Waals surface area contributed by atoms with Crippen LogP contribution in [0.3, 0.4) is 0 Å². The van der Waals surface area contributed by atoms with Crippen LogP contribution in [0.15, 0.2) is 48.5 Å². The highest BCUT2D eigenvalue weighted by Gasteiger charge is 2.20. The van der Waals surface area contributed by atoms with Crippen LogP contribution in [0, 0.1) is 12.3 Å². The van der Waals surface area contributed by atoms with Crippen molar-refractivity contribution in [1.29, 1.82) is 0 Å². The fraction of sp³-hybridized carbons (Fsp3) is 0.364. The Morgan fingerprint density at radius 1 is 1.12 bits per heavy atom. The quantitative estimate of drug-likeness (QED) is 0.718. The molecule has 1 aliphatic carbocycles. The van der Waals surface area contributed by atoms with Crippen LogP contribution in [-0.4, -0.2) is 31.0 Å². The summed E-state index contributed by atoms with van der Waals surface area (Å²) in [6.45, 7) is 0.857. The maximum absolute atomic E-state index is 10.3. The van der Waals surface area contributed by atoms with E-state index in [0.717, 1.165) is 12.8 Å². The molecular weight excluding hydrogens is 326 g/mol. The van der Waals surface area contributed by atoms with Gasteiger partial charge in [-0.2, -0.15) is 0 Å². The van der Waals surface area contributed by atoms with E-state index in [4.69, 9.17) is 15.9 Å². The van der Waals surface area contributed by atoms with E-state index in [1.54, 1.807) is 6.07 Å². The third kappa shape index (κ3) is 4.78. The summed E-state index contributed by atoms with van der Waals surface area (Å²) in [6.07, 6.45) is 8.01. The molecule has 0 bridgehead atoms. The fourth-order valence-corrected chi connectivity index (χ4v) is 3.30. The molecular formula is C22H25NO3. The summed E-state index contributed by atoms with van der Waals surface area (Å²) in [5, 5.41) is 13.8. The third-order valence-corrected chi connectivity index (χ3v) is 4.56. The molecule has 1 aliphatic rings. The SMILES string of the molecule is C#CCOc1ccccc1OCC(O)CNC1CCCc2ccccc21. The Balaban J connectivity index is 1.50. The molecule has 0 heterocycles. The van der Waals surface area contributed by atoms with Crippen molar-refractivity contribution in [2.75, 3.05) is 19.8 Å². The highest BCUT2D eigenvalue weighted by molar-refractivity contribution is 5.39. The summed E-state index contributed by atoms with van der Waals surface area (Å²) in [6, 6.07) is 16.2. The molecule has 0 saturated heterocycles. The normalized spacial score (nSPS) is 17.0. The molecule has 2 atom stereocenters. The molecule has 0 radical (unpaired) electrons. The first-order valence-electron chi connectivity index (χ1n) is 9.05. The first kappa shape index (κ1) is 18.3. The zero-order valence-electron chi connectivity index (χ0n) is 14.9. The van der Waals surface area contributed by atoms with Crippen LogP contribution in [0.4, 0.5) is 0 Å². The van der Waals surface area contributed by atoms with Gasteiger partial charge in [0.15, 0.2) is 11.5 Å². The molecule has 2 aromatic rings. The van der Waals surface area contributed by atoms with Crippen LogP contribution in [0.2, 0.25) is 0 Å².